The summed E-state index contributed by atoms with van der Waals surface area (Å²) in [6.07, 6.45) is 0.199. The molecule has 0 saturated carbocycles. The molecule has 2 atom stereocenters. The molecule has 0 aromatic heterocycles. The molecule has 1 aromatic carbocycles. The number of halogens is 1. The topological polar surface area (TPSA) is 49.8 Å². The number of carbonyl (C=O) groups is 1. The number of methoxy groups -OCH3 is 1. The Morgan fingerprint density at radius 1 is 1.50 bits per heavy atom. The number of aliphatic hydroxyl groups is 1. The van der Waals surface area contributed by atoms with E-state index in [4.69, 9.17) is 9.84 Å². The molecule has 110 valence electrons. The summed E-state index contributed by atoms with van der Waals surface area (Å²) in [4.78, 5) is 13.8. The zero-order valence-corrected chi connectivity index (χ0v) is 11.8. The van der Waals surface area contributed by atoms with Gasteiger partial charge in [0.1, 0.15) is 5.75 Å². The van der Waals surface area contributed by atoms with Crippen LogP contribution < -0.4 is 4.74 Å². The van der Waals surface area contributed by atoms with Gasteiger partial charge < -0.3 is 14.7 Å². The van der Waals surface area contributed by atoms with Crippen molar-refractivity contribution in [3.05, 3.63) is 29.8 Å². The molecule has 2 rings (SSSR count). The lowest BCUT2D eigenvalue weighted by atomic mass is 9.99. The molecule has 0 unspecified atom stereocenters. The molecule has 1 aliphatic heterocycles. The fraction of sp³-hybridized carbons (Fsp3) is 0.533. The lowest BCUT2D eigenvalue weighted by Gasteiger charge is -2.22. The highest BCUT2D eigenvalue weighted by Crippen LogP contribution is 2.28. The van der Waals surface area contributed by atoms with Crippen molar-refractivity contribution >= 4 is 5.91 Å². The predicted molar refractivity (Wildman–Crippen MR) is 73.5 cm³/mol. The van der Waals surface area contributed by atoms with Crippen LogP contribution >= 0.6 is 0 Å². The molecule has 4 nitrogen and oxygen atoms in total. The van der Waals surface area contributed by atoms with Crippen LogP contribution in [0.15, 0.2) is 24.3 Å². The van der Waals surface area contributed by atoms with E-state index in [1.54, 1.807) is 26.2 Å². The minimum Gasteiger partial charge on any atom is -0.497 e. The minimum atomic E-state index is -1.64. The van der Waals surface area contributed by atoms with E-state index < -0.39 is 12.3 Å². The first kappa shape index (κ1) is 14.8. The number of rotatable bonds is 4. The van der Waals surface area contributed by atoms with Crippen molar-refractivity contribution in [3.63, 3.8) is 0 Å². The van der Waals surface area contributed by atoms with Gasteiger partial charge in [-0.3, -0.25) is 4.79 Å². The molecule has 0 spiro atoms. The zero-order valence-electron chi connectivity index (χ0n) is 11.8. The van der Waals surface area contributed by atoms with Gasteiger partial charge in [-0.1, -0.05) is 12.1 Å². The van der Waals surface area contributed by atoms with Gasteiger partial charge in [0.25, 0.3) is 0 Å². The van der Waals surface area contributed by atoms with Gasteiger partial charge in [-0.15, -0.1) is 0 Å². The van der Waals surface area contributed by atoms with Crippen LogP contribution in [0, 0.1) is 0 Å². The van der Waals surface area contributed by atoms with E-state index >= 15 is 0 Å². The summed E-state index contributed by atoms with van der Waals surface area (Å²) in [6.45, 7) is 1.61. The number of aliphatic hydroxyl groups excluding tert-OH is 1. The number of hydrogen-bond donors (Lipinski definition) is 1. The molecule has 1 fully saturated rings. The molecule has 5 heteroatoms. The third-order valence-corrected chi connectivity index (χ3v) is 3.89. The first-order valence-electron chi connectivity index (χ1n) is 6.71. The second-order valence-corrected chi connectivity index (χ2v) is 5.31. The van der Waals surface area contributed by atoms with E-state index in [-0.39, 0.29) is 24.8 Å². The largest absolute Gasteiger partial charge is 0.497 e. The Bertz CT molecular complexity index is 477. The Morgan fingerprint density at radius 3 is 2.65 bits per heavy atom. The second-order valence-electron chi connectivity index (χ2n) is 5.31. The summed E-state index contributed by atoms with van der Waals surface area (Å²) in [5.74, 6) is 0.294. The van der Waals surface area contributed by atoms with Gasteiger partial charge in [0.15, 0.2) is 5.67 Å². The second kappa shape index (κ2) is 5.79. The maximum Gasteiger partial charge on any atom is 0.229 e. The van der Waals surface area contributed by atoms with Crippen molar-refractivity contribution in [1.29, 1.82) is 0 Å². The molecule has 1 saturated heterocycles. The van der Waals surface area contributed by atoms with Gasteiger partial charge in [-0.2, -0.15) is 0 Å². The van der Waals surface area contributed by atoms with Gasteiger partial charge in [0.2, 0.25) is 5.91 Å². The summed E-state index contributed by atoms with van der Waals surface area (Å²) in [5.41, 5.74) is -0.772. The fourth-order valence-corrected chi connectivity index (χ4v) is 2.46. The molecule has 0 radical (unpaired) electrons. The quantitative estimate of drug-likeness (QED) is 0.914. The van der Waals surface area contributed by atoms with Crippen LogP contribution in [0.25, 0.3) is 0 Å². The maximum atomic E-state index is 14.0. The smallest absolute Gasteiger partial charge is 0.229 e. The van der Waals surface area contributed by atoms with E-state index in [0.29, 0.717) is 6.54 Å². The predicted octanol–water partition coefficient (Wildman–Crippen LogP) is 1.73. The summed E-state index contributed by atoms with van der Waals surface area (Å²) < 4.78 is 19.0. The highest BCUT2D eigenvalue weighted by molar-refractivity contribution is 5.83. The molecular weight excluding hydrogens is 261 g/mol. The Hall–Kier alpha value is -1.62. The third kappa shape index (κ3) is 2.93. The Morgan fingerprint density at radius 2 is 2.15 bits per heavy atom. The van der Waals surface area contributed by atoms with Gasteiger partial charge in [0, 0.05) is 13.0 Å². The van der Waals surface area contributed by atoms with Crippen molar-refractivity contribution in [3.8, 4) is 5.75 Å². The molecule has 1 aliphatic rings. The van der Waals surface area contributed by atoms with Crippen LogP contribution in [-0.2, 0) is 4.79 Å². The maximum absolute atomic E-state index is 14.0. The lowest BCUT2D eigenvalue weighted by Crippen LogP contribution is -2.37. The van der Waals surface area contributed by atoms with E-state index in [0.717, 1.165) is 11.3 Å². The number of nitrogens with zero attached hydrogens (tertiary/aromatic N) is 1. The number of likely N-dealkylation sites (tertiary alicyclic amines) is 1. The first-order valence-corrected chi connectivity index (χ1v) is 6.71. The Labute approximate surface area is 118 Å². The minimum absolute atomic E-state index is 0.0250. The summed E-state index contributed by atoms with van der Waals surface area (Å²) in [5, 5.41) is 9.01. The van der Waals surface area contributed by atoms with Gasteiger partial charge in [-0.25, -0.2) is 4.39 Å². The number of alkyl halides is 1. The number of benzene rings is 1. The average Bonchev–Trinajstić information content (AvgIpc) is 2.89. The van der Waals surface area contributed by atoms with Gasteiger partial charge in [-0.05, 0) is 24.6 Å². The highest BCUT2D eigenvalue weighted by Gasteiger charge is 2.40. The van der Waals surface area contributed by atoms with Gasteiger partial charge >= 0.3 is 0 Å². The number of amides is 1. The Balaban J connectivity index is 2.05. The normalized spacial score (nSPS) is 23.7. The molecule has 0 bridgehead atoms. The van der Waals surface area contributed by atoms with E-state index in [9.17, 15) is 9.18 Å². The number of hydrogen-bond acceptors (Lipinski definition) is 3. The fourth-order valence-electron chi connectivity index (χ4n) is 2.46. The van der Waals surface area contributed by atoms with E-state index in [1.807, 2.05) is 12.1 Å². The van der Waals surface area contributed by atoms with Crippen LogP contribution in [0.4, 0.5) is 4.39 Å². The van der Waals surface area contributed by atoms with Crippen molar-refractivity contribution < 1.29 is 19.0 Å². The van der Waals surface area contributed by atoms with Gasteiger partial charge in [0.05, 0.1) is 26.2 Å². The van der Waals surface area contributed by atoms with Crippen LogP contribution in [0.2, 0.25) is 0 Å². The van der Waals surface area contributed by atoms with E-state index in [2.05, 4.69) is 0 Å². The summed E-state index contributed by atoms with van der Waals surface area (Å²) >= 11 is 0. The first-order chi connectivity index (χ1) is 9.49. The monoisotopic (exact) mass is 281 g/mol. The standard InChI is InChI=1S/C15H20FNO3/c1-11(12-3-5-13(20-2)6-4-12)14(19)17-8-7-15(16,9-17)10-18/h3-6,11,18H,7-10H2,1-2H3/t11-,15+/m0/s1. The summed E-state index contributed by atoms with van der Waals surface area (Å²) in [7, 11) is 1.59. The number of carbonyl (C=O) groups excluding carboxylic acids is 1. The van der Waals surface area contributed by atoms with Crippen molar-refractivity contribution in [2.75, 3.05) is 26.8 Å². The molecule has 20 heavy (non-hydrogen) atoms. The van der Waals surface area contributed by atoms with Crippen LogP contribution in [0.1, 0.15) is 24.8 Å². The SMILES string of the molecule is COc1ccc([C@H](C)C(=O)N2CC[C@](F)(CO)C2)cc1. The third-order valence-electron chi connectivity index (χ3n) is 3.89. The van der Waals surface area contributed by atoms with E-state index in [1.165, 1.54) is 4.90 Å². The van der Waals surface area contributed by atoms with Crippen LogP contribution in [-0.4, -0.2) is 48.4 Å². The lowest BCUT2D eigenvalue weighted by molar-refractivity contribution is -0.132. The number of ether oxygens (including phenoxy) is 1. The molecule has 1 aromatic rings. The summed E-state index contributed by atoms with van der Waals surface area (Å²) in [6, 6.07) is 7.28. The molecule has 1 heterocycles. The van der Waals surface area contributed by atoms with Crippen molar-refractivity contribution in [1.82, 2.24) is 4.90 Å². The zero-order chi connectivity index (χ0) is 14.8. The molecule has 1 amide bonds. The molecule has 1 N–H and O–H groups in total. The average molecular weight is 281 g/mol. The molecule has 0 aliphatic carbocycles. The Kier molecular flexibility index (Phi) is 4.28. The molecular formula is C15H20FNO3. The van der Waals surface area contributed by atoms with Crippen molar-refractivity contribution in [2.45, 2.75) is 24.9 Å². The van der Waals surface area contributed by atoms with Crippen LogP contribution in [0.5, 0.6) is 5.75 Å². The van der Waals surface area contributed by atoms with Crippen LogP contribution in [0.3, 0.4) is 0 Å². The highest BCUT2D eigenvalue weighted by atomic mass is 19.1. The van der Waals surface area contributed by atoms with Crippen molar-refractivity contribution in [2.24, 2.45) is 0 Å².